The summed E-state index contributed by atoms with van der Waals surface area (Å²) in [5.74, 6) is 1.85. The number of hydrogen-bond donors (Lipinski definition) is 0. The van der Waals surface area contributed by atoms with Gasteiger partial charge in [-0.05, 0) is 45.6 Å². The number of halogens is 1. The largest absolute Gasteiger partial charge is 0.496 e. The summed E-state index contributed by atoms with van der Waals surface area (Å²) in [4.78, 5) is 13.4. The van der Waals surface area contributed by atoms with Crippen LogP contribution in [0.15, 0.2) is 45.3 Å². The molecular formula is C16H14BrN3O2S2. The van der Waals surface area contributed by atoms with Crippen LogP contribution in [0, 0.1) is 0 Å². The maximum absolute atomic E-state index is 12.4. The summed E-state index contributed by atoms with van der Waals surface area (Å²) >= 11 is 6.39. The van der Waals surface area contributed by atoms with Gasteiger partial charge in [0.15, 0.2) is 16.8 Å². The molecule has 0 saturated carbocycles. The van der Waals surface area contributed by atoms with Crippen molar-refractivity contribution >= 4 is 44.8 Å². The van der Waals surface area contributed by atoms with E-state index >= 15 is 0 Å². The summed E-state index contributed by atoms with van der Waals surface area (Å²) in [6.45, 7) is 0. The van der Waals surface area contributed by atoms with Gasteiger partial charge in [0.2, 0.25) is 0 Å². The monoisotopic (exact) mass is 423 g/mol. The second-order valence-electron chi connectivity index (χ2n) is 4.90. The first kappa shape index (κ1) is 17.2. The van der Waals surface area contributed by atoms with Crippen molar-refractivity contribution in [3.05, 3.63) is 45.7 Å². The fraction of sp³-hybridized carbons (Fsp3) is 0.188. The SMILES string of the molecule is COc1ccc(C(=O)CSc2nnc(-c3cccs3)n2C)cc1Br. The number of nitrogens with zero attached hydrogens (tertiary/aromatic N) is 3. The van der Waals surface area contributed by atoms with E-state index in [-0.39, 0.29) is 5.78 Å². The fourth-order valence-electron chi connectivity index (χ4n) is 2.11. The highest BCUT2D eigenvalue weighted by molar-refractivity contribution is 9.10. The quantitative estimate of drug-likeness (QED) is 0.437. The number of rotatable bonds is 6. The highest BCUT2D eigenvalue weighted by Crippen LogP contribution is 2.28. The number of aromatic nitrogens is 3. The van der Waals surface area contributed by atoms with Crippen molar-refractivity contribution in [2.75, 3.05) is 12.9 Å². The topological polar surface area (TPSA) is 57.0 Å². The lowest BCUT2D eigenvalue weighted by atomic mass is 10.1. The van der Waals surface area contributed by atoms with Gasteiger partial charge in [-0.3, -0.25) is 4.79 Å². The van der Waals surface area contributed by atoms with Gasteiger partial charge in [0.1, 0.15) is 5.75 Å². The summed E-state index contributed by atoms with van der Waals surface area (Å²) in [6.07, 6.45) is 0. The van der Waals surface area contributed by atoms with Gasteiger partial charge in [0.25, 0.3) is 0 Å². The van der Waals surface area contributed by atoms with Crippen LogP contribution < -0.4 is 4.74 Å². The molecule has 3 aromatic rings. The fourth-order valence-corrected chi connectivity index (χ4v) is 4.20. The van der Waals surface area contributed by atoms with Crippen LogP contribution in [-0.2, 0) is 7.05 Å². The molecule has 2 heterocycles. The van der Waals surface area contributed by atoms with Crippen molar-refractivity contribution < 1.29 is 9.53 Å². The van der Waals surface area contributed by atoms with Crippen LogP contribution in [0.3, 0.4) is 0 Å². The second kappa shape index (κ2) is 7.50. The Morgan fingerprint density at radius 1 is 1.38 bits per heavy atom. The Bertz CT molecular complexity index is 862. The average Bonchev–Trinajstić information content (AvgIpc) is 3.22. The van der Waals surface area contributed by atoms with Gasteiger partial charge in [-0.25, -0.2) is 0 Å². The van der Waals surface area contributed by atoms with E-state index in [0.717, 1.165) is 20.3 Å². The van der Waals surface area contributed by atoms with Gasteiger partial charge in [-0.15, -0.1) is 21.5 Å². The second-order valence-corrected chi connectivity index (χ2v) is 7.65. The molecular weight excluding hydrogens is 410 g/mol. The number of benzene rings is 1. The van der Waals surface area contributed by atoms with Crippen molar-refractivity contribution in [2.24, 2.45) is 7.05 Å². The zero-order chi connectivity index (χ0) is 17.1. The van der Waals surface area contributed by atoms with E-state index in [2.05, 4.69) is 26.1 Å². The Morgan fingerprint density at radius 2 is 2.21 bits per heavy atom. The predicted octanol–water partition coefficient (Wildman–Crippen LogP) is 4.29. The Labute approximate surface area is 156 Å². The molecule has 8 heteroatoms. The molecule has 0 spiro atoms. The van der Waals surface area contributed by atoms with Crippen molar-refractivity contribution in [3.63, 3.8) is 0 Å². The normalized spacial score (nSPS) is 10.8. The molecule has 0 saturated heterocycles. The molecule has 0 radical (unpaired) electrons. The van der Waals surface area contributed by atoms with E-state index in [9.17, 15) is 4.79 Å². The summed E-state index contributed by atoms with van der Waals surface area (Å²) in [5, 5.41) is 11.1. The van der Waals surface area contributed by atoms with E-state index < -0.39 is 0 Å². The van der Waals surface area contributed by atoms with Crippen LogP contribution in [0.25, 0.3) is 10.7 Å². The molecule has 0 aliphatic carbocycles. The molecule has 0 aliphatic heterocycles. The molecule has 0 fully saturated rings. The van der Waals surface area contributed by atoms with Gasteiger partial charge in [0, 0.05) is 12.6 Å². The Morgan fingerprint density at radius 3 is 2.88 bits per heavy atom. The number of ether oxygens (including phenoxy) is 1. The van der Waals surface area contributed by atoms with Gasteiger partial charge >= 0.3 is 0 Å². The van der Waals surface area contributed by atoms with E-state index in [1.165, 1.54) is 11.8 Å². The number of methoxy groups -OCH3 is 1. The van der Waals surface area contributed by atoms with Crippen LogP contribution in [0.2, 0.25) is 0 Å². The number of thioether (sulfide) groups is 1. The lowest BCUT2D eigenvalue weighted by molar-refractivity contribution is 0.102. The van der Waals surface area contributed by atoms with E-state index in [1.54, 1.807) is 36.6 Å². The van der Waals surface area contributed by atoms with Crippen molar-refractivity contribution in [2.45, 2.75) is 5.16 Å². The molecule has 3 rings (SSSR count). The third-order valence-electron chi connectivity index (χ3n) is 3.38. The van der Waals surface area contributed by atoms with Gasteiger partial charge in [-0.1, -0.05) is 17.8 Å². The number of thiophene rings is 1. The summed E-state index contributed by atoms with van der Waals surface area (Å²) in [6, 6.07) is 9.30. The van der Waals surface area contributed by atoms with Crippen molar-refractivity contribution in [1.82, 2.24) is 14.8 Å². The lowest BCUT2D eigenvalue weighted by Crippen LogP contribution is -2.04. The average molecular weight is 424 g/mol. The van der Waals surface area contributed by atoms with Crippen molar-refractivity contribution in [1.29, 1.82) is 0 Å². The van der Waals surface area contributed by atoms with Gasteiger partial charge in [-0.2, -0.15) is 0 Å². The van der Waals surface area contributed by atoms with Crippen molar-refractivity contribution in [3.8, 4) is 16.5 Å². The summed E-state index contributed by atoms with van der Waals surface area (Å²) in [7, 11) is 3.50. The van der Waals surface area contributed by atoms with E-state index in [1.807, 2.05) is 29.1 Å². The molecule has 1 aromatic carbocycles. The smallest absolute Gasteiger partial charge is 0.191 e. The zero-order valence-corrected chi connectivity index (χ0v) is 16.2. The Hall–Kier alpha value is -1.64. The molecule has 0 atom stereocenters. The Balaban J connectivity index is 1.70. The number of carbonyl (C=O) groups excluding carboxylic acids is 1. The minimum Gasteiger partial charge on any atom is -0.496 e. The zero-order valence-electron chi connectivity index (χ0n) is 13.0. The highest BCUT2D eigenvalue weighted by Gasteiger charge is 2.15. The number of Topliss-reactive ketones (excluding diaryl/α,β-unsaturated/α-hetero) is 1. The maximum atomic E-state index is 12.4. The van der Waals surface area contributed by atoms with Crippen LogP contribution in [0.1, 0.15) is 10.4 Å². The van der Waals surface area contributed by atoms with Crippen LogP contribution in [-0.4, -0.2) is 33.4 Å². The van der Waals surface area contributed by atoms with Gasteiger partial charge in [0.05, 0.1) is 22.2 Å². The van der Waals surface area contributed by atoms with Crippen LogP contribution in [0.4, 0.5) is 0 Å². The molecule has 0 aliphatic rings. The predicted molar refractivity (Wildman–Crippen MR) is 100 cm³/mol. The maximum Gasteiger partial charge on any atom is 0.191 e. The number of ketones is 1. The third-order valence-corrected chi connectivity index (χ3v) is 5.89. The molecule has 0 unspecified atom stereocenters. The lowest BCUT2D eigenvalue weighted by Gasteiger charge is -2.06. The minimum absolute atomic E-state index is 0.0315. The van der Waals surface area contributed by atoms with Crippen LogP contribution >= 0.6 is 39.0 Å². The minimum atomic E-state index is 0.0315. The van der Waals surface area contributed by atoms with E-state index in [0.29, 0.717) is 17.1 Å². The number of hydrogen-bond acceptors (Lipinski definition) is 6. The van der Waals surface area contributed by atoms with Gasteiger partial charge < -0.3 is 9.30 Å². The first-order valence-corrected chi connectivity index (χ1v) is 9.68. The van der Waals surface area contributed by atoms with E-state index in [4.69, 9.17) is 4.74 Å². The molecule has 24 heavy (non-hydrogen) atoms. The molecule has 5 nitrogen and oxygen atoms in total. The third kappa shape index (κ3) is 3.55. The first-order chi connectivity index (χ1) is 11.6. The molecule has 0 amide bonds. The summed E-state index contributed by atoms with van der Waals surface area (Å²) in [5.41, 5.74) is 0.635. The van der Waals surface area contributed by atoms with Crippen LogP contribution in [0.5, 0.6) is 5.75 Å². The molecule has 2 aromatic heterocycles. The standard InChI is InChI=1S/C16H14BrN3O2S2/c1-20-15(14-4-3-7-23-14)18-19-16(20)24-9-12(21)10-5-6-13(22-2)11(17)8-10/h3-8H,9H2,1-2H3. The first-order valence-electron chi connectivity index (χ1n) is 7.03. The molecule has 124 valence electrons. The molecule has 0 N–H and O–H groups in total. The highest BCUT2D eigenvalue weighted by atomic mass is 79.9. The summed E-state index contributed by atoms with van der Waals surface area (Å²) < 4.78 is 7.85. The number of carbonyl (C=O) groups is 1. The molecule has 0 bridgehead atoms. The Kier molecular flexibility index (Phi) is 5.37.